The van der Waals surface area contributed by atoms with Gasteiger partial charge in [0.2, 0.25) is 0 Å². The highest BCUT2D eigenvalue weighted by atomic mass is 16.6. The molecule has 3 heteroatoms. The maximum absolute atomic E-state index is 5.81. The van der Waals surface area contributed by atoms with E-state index in [4.69, 9.17) is 9.47 Å². The Hall–Kier alpha value is -1.22. The van der Waals surface area contributed by atoms with Crippen molar-refractivity contribution in [3.63, 3.8) is 0 Å². The average Bonchev–Trinajstić information content (AvgIpc) is 2.91. The molecule has 0 radical (unpaired) electrons. The highest BCUT2D eigenvalue weighted by Crippen LogP contribution is 2.37. The van der Waals surface area contributed by atoms with E-state index in [1.54, 1.807) is 0 Å². The van der Waals surface area contributed by atoms with Gasteiger partial charge in [-0.15, -0.1) is 0 Å². The van der Waals surface area contributed by atoms with Crippen molar-refractivity contribution in [2.24, 2.45) is 0 Å². The molecular formula is C15H21NO2. The van der Waals surface area contributed by atoms with Gasteiger partial charge in [0.25, 0.3) is 0 Å². The molecule has 1 unspecified atom stereocenters. The smallest absolute Gasteiger partial charge is 0.164 e. The van der Waals surface area contributed by atoms with E-state index in [0.29, 0.717) is 19.3 Å². The van der Waals surface area contributed by atoms with Crippen LogP contribution < -0.4 is 14.8 Å². The fourth-order valence-electron chi connectivity index (χ4n) is 2.99. The fraction of sp³-hybridized carbons (Fsp3) is 0.600. The van der Waals surface area contributed by atoms with E-state index in [0.717, 1.165) is 30.9 Å². The van der Waals surface area contributed by atoms with Crippen LogP contribution in [0.25, 0.3) is 0 Å². The highest BCUT2D eigenvalue weighted by Gasteiger charge is 2.21. The number of benzene rings is 1. The first-order chi connectivity index (χ1) is 8.88. The lowest BCUT2D eigenvalue weighted by molar-refractivity contribution is 0.169. The summed E-state index contributed by atoms with van der Waals surface area (Å²) in [7, 11) is 0. The van der Waals surface area contributed by atoms with Crippen molar-refractivity contribution in [3.8, 4) is 11.5 Å². The Morgan fingerprint density at radius 1 is 1.28 bits per heavy atom. The molecule has 3 rings (SSSR count). The average molecular weight is 247 g/mol. The molecule has 1 N–H and O–H groups in total. The van der Waals surface area contributed by atoms with E-state index in [2.05, 4.69) is 24.4 Å². The zero-order valence-electron chi connectivity index (χ0n) is 11.0. The van der Waals surface area contributed by atoms with Crippen molar-refractivity contribution in [1.82, 2.24) is 5.32 Å². The van der Waals surface area contributed by atoms with Crippen molar-refractivity contribution in [2.45, 2.75) is 38.6 Å². The van der Waals surface area contributed by atoms with Gasteiger partial charge in [-0.05, 0) is 43.9 Å². The summed E-state index contributed by atoms with van der Waals surface area (Å²) in [5, 5.41) is 3.56. The van der Waals surface area contributed by atoms with E-state index in [1.165, 1.54) is 24.0 Å². The van der Waals surface area contributed by atoms with Gasteiger partial charge < -0.3 is 14.8 Å². The number of nitrogens with one attached hydrogen (secondary N) is 1. The zero-order valence-corrected chi connectivity index (χ0v) is 11.0. The number of fused-ring (bicyclic) bond motifs is 1. The summed E-state index contributed by atoms with van der Waals surface area (Å²) < 4.78 is 11.5. The summed E-state index contributed by atoms with van der Waals surface area (Å²) in [6, 6.07) is 4.92. The summed E-state index contributed by atoms with van der Waals surface area (Å²) >= 11 is 0. The Kier molecular flexibility index (Phi) is 3.41. The third kappa shape index (κ3) is 2.19. The van der Waals surface area contributed by atoms with Crippen LogP contribution in [0, 0.1) is 0 Å². The lowest BCUT2D eigenvalue weighted by Crippen LogP contribution is -2.24. The minimum absolute atomic E-state index is 0.637. The standard InChI is InChI=1S/C15H21NO2/c1-2-13-11(10-12-4-3-7-16-12)5-6-14-15(13)18-9-8-17-14/h5-6,12,16H,2-4,7-10H2,1H3. The highest BCUT2D eigenvalue weighted by molar-refractivity contribution is 5.51. The van der Waals surface area contributed by atoms with Crippen LogP contribution in [-0.2, 0) is 12.8 Å². The molecule has 3 nitrogen and oxygen atoms in total. The van der Waals surface area contributed by atoms with Gasteiger partial charge in [-0.1, -0.05) is 13.0 Å². The van der Waals surface area contributed by atoms with Crippen molar-refractivity contribution < 1.29 is 9.47 Å². The largest absolute Gasteiger partial charge is 0.486 e. The minimum Gasteiger partial charge on any atom is -0.486 e. The number of hydrogen-bond acceptors (Lipinski definition) is 3. The molecule has 0 bridgehead atoms. The normalized spacial score (nSPS) is 22.2. The van der Waals surface area contributed by atoms with Crippen molar-refractivity contribution in [3.05, 3.63) is 23.3 Å². The summed E-state index contributed by atoms with van der Waals surface area (Å²) in [6.07, 6.45) is 4.71. The maximum atomic E-state index is 5.81. The SMILES string of the molecule is CCc1c(CC2CCCN2)ccc2c1OCCO2. The van der Waals surface area contributed by atoms with Gasteiger partial charge in [0.1, 0.15) is 13.2 Å². The first-order valence-electron chi connectivity index (χ1n) is 7.02. The molecule has 98 valence electrons. The third-order valence-corrected chi connectivity index (χ3v) is 3.89. The lowest BCUT2D eigenvalue weighted by Gasteiger charge is -2.23. The van der Waals surface area contributed by atoms with Crippen LogP contribution in [0.3, 0.4) is 0 Å². The molecule has 0 saturated carbocycles. The van der Waals surface area contributed by atoms with E-state index < -0.39 is 0 Å². The molecule has 2 aliphatic heterocycles. The number of hydrogen-bond donors (Lipinski definition) is 1. The second kappa shape index (κ2) is 5.19. The molecule has 1 aromatic rings. The van der Waals surface area contributed by atoms with E-state index in [-0.39, 0.29) is 0 Å². The number of ether oxygens (including phenoxy) is 2. The van der Waals surface area contributed by atoms with Crippen molar-refractivity contribution in [2.75, 3.05) is 19.8 Å². The lowest BCUT2D eigenvalue weighted by atomic mass is 9.96. The minimum atomic E-state index is 0.637. The molecule has 0 aromatic heterocycles. The van der Waals surface area contributed by atoms with Gasteiger partial charge in [-0.3, -0.25) is 0 Å². The van der Waals surface area contributed by atoms with Crippen LogP contribution in [0.1, 0.15) is 30.9 Å². The van der Waals surface area contributed by atoms with Crippen molar-refractivity contribution >= 4 is 0 Å². The second-order valence-corrected chi connectivity index (χ2v) is 5.08. The van der Waals surface area contributed by atoms with E-state index in [1.807, 2.05) is 0 Å². The predicted octanol–water partition coefficient (Wildman–Crippen LogP) is 2.31. The molecule has 18 heavy (non-hydrogen) atoms. The molecule has 1 fully saturated rings. The second-order valence-electron chi connectivity index (χ2n) is 5.08. The quantitative estimate of drug-likeness (QED) is 0.889. The predicted molar refractivity (Wildman–Crippen MR) is 71.5 cm³/mol. The summed E-state index contributed by atoms with van der Waals surface area (Å²) in [5.41, 5.74) is 2.75. The van der Waals surface area contributed by atoms with Crippen molar-refractivity contribution in [1.29, 1.82) is 0 Å². The molecule has 0 amide bonds. The number of rotatable bonds is 3. The molecule has 1 aromatic carbocycles. The maximum Gasteiger partial charge on any atom is 0.164 e. The van der Waals surface area contributed by atoms with Gasteiger partial charge in [0.15, 0.2) is 11.5 Å². The van der Waals surface area contributed by atoms with Crippen LogP contribution in [-0.4, -0.2) is 25.8 Å². The molecular weight excluding hydrogens is 226 g/mol. The van der Waals surface area contributed by atoms with Crippen LogP contribution in [0.5, 0.6) is 11.5 Å². The first-order valence-corrected chi connectivity index (χ1v) is 7.02. The third-order valence-electron chi connectivity index (χ3n) is 3.89. The topological polar surface area (TPSA) is 30.5 Å². The monoisotopic (exact) mass is 247 g/mol. The van der Waals surface area contributed by atoms with E-state index in [9.17, 15) is 0 Å². The summed E-state index contributed by atoms with van der Waals surface area (Å²) in [5.74, 6) is 1.90. The van der Waals surface area contributed by atoms with Crippen LogP contribution >= 0.6 is 0 Å². The summed E-state index contributed by atoms with van der Waals surface area (Å²) in [4.78, 5) is 0. The Bertz CT molecular complexity index is 425. The van der Waals surface area contributed by atoms with Gasteiger partial charge in [-0.2, -0.15) is 0 Å². The van der Waals surface area contributed by atoms with Gasteiger partial charge >= 0.3 is 0 Å². The summed E-state index contributed by atoms with van der Waals surface area (Å²) in [6.45, 7) is 4.70. The van der Waals surface area contributed by atoms with Gasteiger partial charge in [-0.25, -0.2) is 0 Å². The van der Waals surface area contributed by atoms with Gasteiger partial charge in [0.05, 0.1) is 0 Å². The zero-order chi connectivity index (χ0) is 12.4. The molecule has 2 aliphatic rings. The Balaban J connectivity index is 1.88. The molecule has 0 spiro atoms. The molecule has 2 heterocycles. The van der Waals surface area contributed by atoms with Crippen LogP contribution in [0.15, 0.2) is 12.1 Å². The molecule has 1 atom stereocenters. The Morgan fingerprint density at radius 2 is 2.17 bits per heavy atom. The fourth-order valence-corrected chi connectivity index (χ4v) is 2.99. The molecule has 0 aliphatic carbocycles. The van der Waals surface area contributed by atoms with Gasteiger partial charge in [0, 0.05) is 11.6 Å². The van der Waals surface area contributed by atoms with Crippen LogP contribution in [0.2, 0.25) is 0 Å². The van der Waals surface area contributed by atoms with Crippen LogP contribution in [0.4, 0.5) is 0 Å². The first kappa shape index (κ1) is 11.8. The molecule has 1 saturated heterocycles. The Morgan fingerprint density at radius 3 is 2.94 bits per heavy atom. The Labute approximate surface area is 108 Å². The van der Waals surface area contributed by atoms with E-state index >= 15 is 0 Å².